The molecule has 0 radical (unpaired) electrons. The number of halogens is 1. The van der Waals surface area contributed by atoms with Gasteiger partial charge in [-0.1, -0.05) is 36.4 Å². The fourth-order valence-corrected chi connectivity index (χ4v) is 3.14. The first-order valence-electron chi connectivity index (χ1n) is 4.49. The topological polar surface area (TPSA) is 9.23 Å². The molecule has 1 fully saturated rings. The average molecular weight is 268 g/mol. The molecule has 0 aliphatic carbocycles. The summed E-state index contributed by atoms with van der Waals surface area (Å²) in [4.78, 5) is 0. The van der Waals surface area contributed by atoms with Crippen LogP contribution in [0.15, 0.2) is 0 Å². The second-order valence-corrected chi connectivity index (χ2v) is 5.06. The molecule has 3 atom stereocenters. The van der Waals surface area contributed by atoms with E-state index in [1.165, 1.54) is 19.3 Å². The molecule has 0 aromatic carbocycles. The van der Waals surface area contributed by atoms with Crippen molar-refractivity contribution in [2.24, 2.45) is 5.92 Å². The van der Waals surface area contributed by atoms with E-state index in [9.17, 15) is 0 Å². The van der Waals surface area contributed by atoms with Gasteiger partial charge in [-0.3, -0.25) is 0 Å². The van der Waals surface area contributed by atoms with Crippen LogP contribution in [0.3, 0.4) is 0 Å². The third-order valence-electron chi connectivity index (χ3n) is 2.38. The van der Waals surface area contributed by atoms with Crippen LogP contribution in [0, 0.1) is 5.92 Å². The van der Waals surface area contributed by atoms with Crippen molar-refractivity contribution in [3.63, 3.8) is 0 Å². The Hall–Kier alpha value is 0.690. The van der Waals surface area contributed by atoms with Crippen LogP contribution in [0.2, 0.25) is 0 Å². The van der Waals surface area contributed by atoms with Crippen molar-refractivity contribution < 1.29 is 4.74 Å². The molecule has 0 aromatic heterocycles. The summed E-state index contributed by atoms with van der Waals surface area (Å²) in [6.07, 6.45) is 4.26. The van der Waals surface area contributed by atoms with Gasteiger partial charge < -0.3 is 4.74 Å². The smallest absolute Gasteiger partial charge is 0.0690 e. The first kappa shape index (κ1) is 9.78. The van der Waals surface area contributed by atoms with Crippen LogP contribution in [0.4, 0.5) is 0 Å². The van der Waals surface area contributed by atoms with Crippen LogP contribution in [-0.4, -0.2) is 16.6 Å². The fourth-order valence-electron chi connectivity index (χ4n) is 1.55. The van der Waals surface area contributed by atoms with Gasteiger partial charge in [-0.15, -0.1) is 0 Å². The fraction of sp³-hybridized carbons (Fsp3) is 1.00. The van der Waals surface area contributed by atoms with Gasteiger partial charge in [0.05, 0.1) is 6.10 Å². The van der Waals surface area contributed by atoms with E-state index in [1.807, 2.05) is 0 Å². The van der Waals surface area contributed by atoms with E-state index < -0.39 is 0 Å². The van der Waals surface area contributed by atoms with E-state index in [1.54, 1.807) is 0 Å². The largest absolute Gasteiger partial charge is 0.377 e. The molecule has 0 N–H and O–H groups in total. The second kappa shape index (κ2) is 4.65. The Labute approximate surface area is 83.0 Å². The molecule has 1 heterocycles. The number of hydrogen-bond donors (Lipinski definition) is 0. The number of alkyl halides is 1. The zero-order valence-electron chi connectivity index (χ0n) is 7.35. The summed E-state index contributed by atoms with van der Waals surface area (Å²) < 4.78 is 6.46. The summed E-state index contributed by atoms with van der Waals surface area (Å²) in [5.74, 6) is 0.855. The van der Waals surface area contributed by atoms with Crippen molar-refractivity contribution in [2.45, 2.75) is 43.1 Å². The Kier molecular flexibility index (Phi) is 4.13. The molecule has 0 amide bonds. The summed E-state index contributed by atoms with van der Waals surface area (Å²) in [6, 6.07) is 0. The third kappa shape index (κ3) is 2.90. The van der Waals surface area contributed by atoms with Crippen LogP contribution < -0.4 is 0 Å². The minimum Gasteiger partial charge on any atom is -0.377 e. The van der Waals surface area contributed by atoms with Gasteiger partial charge in [0.15, 0.2) is 0 Å². The van der Waals surface area contributed by atoms with Gasteiger partial charge in [-0.25, -0.2) is 0 Å². The molecule has 11 heavy (non-hydrogen) atoms. The van der Waals surface area contributed by atoms with Crippen molar-refractivity contribution in [3.8, 4) is 0 Å². The molecule has 1 rings (SSSR count). The molecule has 0 bridgehead atoms. The average Bonchev–Trinajstić information content (AvgIpc) is 2.11. The lowest BCUT2D eigenvalue weighted by atomic mass is 10.0. The first-order valence-corrected chi connectivity index (χ1v) is 5.74. The molecular formula is C9H17IO. The van der Waals surface area contributed by atoms with E-state index in [0.29, 0.717) is 6.10 Å². The molecule has 1 aliphatic rings. The highest BCUT2D eigenvalue weighted by Crippen LogP contribution is 2.26. The molecule has 2 heteroatoms. The first-order chi connectivity index (χ1) is 5.24. The van der Waals surface area contributed by atoms with Crippen LogP contribution in [0.1, 0.15) is 33.1 Å². The highest BCUT2D eigenvalue weighted by atomic mass is 127. The Bertz CT molecular complexity index is 116. The molecule has 66 valence electrons. The second-order valence-electron chi connectivity index (χ2n) is 3.46. The molecule has 1 unspecified atom stereocenters. The van der Waals surface area contributed by atoms with Crippen LogP contribution in [-0.2, 0) is 4.74 Å². The van der Waals surface area contributed by atoms with Crippen molar-refractivity contribution >= 4 is 22.6 Å². The standard InChI is InChI=1S/C9H17IO/c1-3-9-8(10)6-7(2)4-5-11-9/h7-9H,3-6H2,1-2H3/t7-,8-,9?/m0/s1. The lowest BCUT2D eigenvalue weighted by molar-refractivity contribution is 0.0617. The monoisotopic (exact) mass is 268 g/mol. The van der Waals surface area contributed by atoms with Crippen molar-refractivity contribution in [1.29, 1.82) is 0 Å². The van der Waals surface area contributed by atoms with Gasteiger partial charge in [0.2, 0.25) is 0 Å². The summed E-state index contributed by atoms with van der Waals surface area (Å²) in [6.45, 7) is 5.51. The van der Waals surface area contributed by atoms with Crippen LogP contribution in [0.5, 0.6) is 0 Å². The maximum atomic E-state index is 5.73. The minimum atomic E-state index is 0.514. The predicted molar refractivity (Wildman–Crippen MR) is 56.2 cm³/mol. The Balaban J connectivity index is 2.43. The zero-order chi connectivity index (χ0) is 8.27. The summed E-state index contributed by atoms with van der Waals surface area (Å²) in [5, 5.41) is 0. The maximum absolute atomic E-state index is 5.73. The van der Waals surface area contributed by atoms with Gasteiger partial charge in [-0.2, -0.15) is 0 Å². The lowest BCUT2D eigenvalue weighted by Crippen LogP contribution is -2.21. The highest BCUT2D eigenvalue weighted by molar-refractivity contribution is 14.1. The lowest BCUT2D eigenvalue weighted by Gasteiger charge is -2.18. The van der Waals surface area contributed by atoms with Crippen molar-refractivity contribution in [3.05, 3.63) is 0 Å². The van der Waals surface area contributed by atoms with Crippen LogP contribution >= 0.6 is 22.6 Å². The molecule has 1 nitrogen and oxygen atoms in total. The number of hydrogen-bond acceptors (Lipinski definition) is 1. The van der Waals surface area contributed by atoms with Crippen molar-refractivity contribution in [2.75, 3.05) is 6.61 Å². The quantitative estimate of drug-likeness (QED) is 0.524. The summed E-state index contributed by atoms with van der Waals surface area (Å²) in [7, 11) is 0. The van der Waals surface area contributed by atoms with E-state index in [-0.39, 0.29) is 0 Å². The SMILES string of the molecule is CCC1OCC[C@H](C)C[C@@H]1I. The molecule has 0 spiro atoms. The predicted octanol–water partition coefficient (Wildman–Crippen LogP) is 3.02. The Morgan fingerprint density at radius 2 is 2.27 bits per heavy atom. The van der Waals surface area contributed by atoms with Crippen molar-refractivity contribution in [1.82, 2.24) is 0 Å². The van der Waals surface area contributed by atoms with Gasteiger partial charge >= 0.3 is 0 Å². The number of ether oxygens (including phenoxy) is 1. The Morgan fingerprint density at radius 3 is 2.91 bits per heavy atom. The third-order valence-corrected chi connectivity index (χ3v) is 3.69. The highest BCUT2D eigenvalue weighted by Gasteiger charge is 2.23. The summed E-state index contributed by atoms with van der Waals surface area (Å²) >= 11 is 2.53. The van der Waals surface area contributed by atoms with Crippen LogP contribution in [0.25, 0.3) is 0 Å². The number of rotatable bonds is 1. The van der Waals surface area contributed by atoms with Gasteiger partial charge in [0.25, 0.3) is 0 Å². The molecule has 0 saturated carbocycles. The maximum Gasteiger partial charge on any atom is 0.0690 e. The summed E-state index contributed by atoms with van der Waals surface area (Å²) in [5.41, 5.74) is 0. The van der Waals surface area contributed by atoms with E-state index in [4.69, 9.17) is 4.74 Å². The minimum absolute atomic E-state index is 0.514. The Morgan fingerprint density at radius 1 is 1.55 bits per heavy atom. The van der Waals surface area contributed by atoms with E-state index in [0.717, 1.165) is 16.4 Å². The van der Waals surface area contributed by atoms with Gasteiger partial charge in [-0.05, 0) is 25.2 Å². The van der Waals surface area contributed by atoms with Gasteiger partial charge in [0, 0.05) is 10.5 Å². The molecule has 1 saturated heterocycles. The molecular weight excluding hydrogens is 251 g/mol. The van der Waals surface area contributed by atoms with E-state index >= 15 is 0 Å². The zero-order valence-corrected chi connectivity index (χ0v) is 9.50. The normalized spacial score (nSPS) is 40.1. The van der Waals surface area contributed by atoms with E-state index in [2.05, 4.69) is 36.4 Å². The van der Waals surface area contributed by atoms with Gasteiger partial charge in [0.1, 0.15) is 0 Å². The molecule has 1 aliphatic heterocycles. The molecule has 0 aromatic rings.